The number of thiocarbonyl (C=S) groups is 1. The van der Waals surface area contributed by atoms with Crippen molar-refractivity contribution in [1.29, 1.82) is 0 Å². The first kappa shape index (κ1) is 10.8. The van der Waals surface area contributed by atoms with Gasteiger partial charge in [-0.25, -0.2) is 4.99 Å². The van der Waals surface area contributed by atoms with Crippen molar-refractivity contribution in [2.45, 2.75) is 39.5 Å². The molecule has 0 aliphatic carbocycles. The van der Waals surface area contributed by atoms with Crippen molar-refractivity contribution < 1.29 is 0 Å². The predicted octanol–water partition coefficient (Wildman–Crippen LogP) is 3.31. The van der Waals surface area contributed by atoms with Gasteiger partial charge in [-0.15, -0.1) is 0 Å². The zero-order valence-electron chi connectivity index (χ0n) is 7.47. The van der Waals surface area contributed by atoms with E-state index in [1.165, 1.54) is 25.7 Å². The number of isothiocyanates is 1. The molecule has 0 spiro atoms. The van der Waals surface area contributed by atoms with Crippen LogP contribution in [0.4, 0.5) is 0 Å². The Labute approximate surface area is 74.9 Å². The van der Waals surface area contributed by atoms with Crippen molar-refractivity contribution in [3.63, 3.8) is 0 Å². The normalized spacial score (nSPS) is 12.2. The van der Waals surface area contributed by atoms with E-state index < -0.39 is 0 Å². The average molecular weight is 171 g/mol. The summed E-state index contributed by atoms with van der Waals surface area (Å²) in [5.41, 5.74) is 0. The molecular formula is C9H17NS. The Kier molecular flexibility index (Phi) is 7.76. The van der Waals surface area contributed by atoms with Crippen molar-refractivity contribution in [2.75, 3.05) is 6.54 Å². The standard InChI is InChI=1S/C9H17NS/c1-3-4-5-6-9(2)7-10-8-11/h9H,3-7H2,1-2H3. The highest BCUT2D eigenvalue weighted by molar-refractivity contribution is 7.78. The van der Waals surface area contributed by atoms with E-state index in [1.54, 1.807) is 0 Å². The van der Waals surface area contributed by atoms with Crippen LogP contribution >= 0.6 is 12.2 Å². The van der Waals surface area contributed by atoms with Gasteiger partial charge in [-0.1, -0.05) is 33.1 Å². The summed E-state index contributed by atoms with van der Waals surface area (Å²) in [5.74, 6) is 0.678. The van der Waals surface area contributed by atoms with Crippen LogP contribution in [0.1, 0.15) is 39.5 Å². The fourth-order valence-electron chi connectivity index (χ4n) is 1.03. The molecule has 0 heterocycles. The van der Waals surface area contributed by atoms with Crippen LogP contribution in [0.15, 0.2) is 4.99 Å². The van der Waals surface area contributed by atoms with Gasteiger partial charge in [0.2, 0.25) is 0 Å². The van der Waals surface area contributed by atoms with E-state index >= 15 is 0 Å². The number of hydrogen-bond acceptors (Lipinski definition) is 2. The Morgan fingerprint density at radius 1 is 1.45 bits per heavy atom. The average Bonchev–Trinajstić information content (AvgIpc) is 2.01. The van der Waals surface area contributed by atoms with Crippen LogP contribution in [0.3, 0.4) is 0 Å². The highest BCUT2D eigenvalue weighted by atomic mass is 32.1. The summed E-state index contributed by atoms with van der Waals surface area (Å²) in [5, 5.41) is 2.40. The number of unbranched alkanes of at least 4 members (excludes halogenated alkanes) is 2. The first-order chi connectivity index (χ1) is 5.31. The summed E-state index contributed by atoms with van der Waals surface area (Å²) in [6.07, 6.45) is 5.23. The molecule has 2 heteroatoms. The zero-order valence-corrected chi connectivity index (χ0v) is 8.28. The van der Waals surface area contributed by atoms with Gasteiger partial charge in [0.15, 0.2) is 0 Å². The van der Waals surface area contributed by atoms with Gasteiger partial charge in [-0.3, -0.25) is 0 Å². The van der Waals surface area contributed by atoms with Crippen molar-refractivity contribution in [3.05, 3.63) is 0 Å². The van der Waals surface area contributed by atoms with Gasteiger partial charge in [0.05, 0.1) is 11.7 Å². The molecule has 0 saturated heterocycles. The van der Waals surface area contributed by atoms with Crippen molar-refractivity contribution >= 4 is 17.4 Å². The molecule has 0 fully saturated rings. The number of aliphatic imine (C=N–C) groups is 1. The van der Waals surface area contributed by atoms with E-state index in [0.29, 0.717) is 5.92 Å². The van der Waals surface area contributed by atoms with Gasteiger partial charge in [-0.05, 0) is 24.6 Å². The number of nitrogens with zero attached hydrogens (tertiary/aromatic N) is 1. The Bertz CT molecular complexity index is 128. The fraction of sp³-hybridized carbons (Fsp3) is 0.889. The minimum atomic E-state index is 0.678. The molecule has 64 valence electrons. The molecular weight excluding hydrogens is 154 g/mol. The summed E-state index contributed by atoms with van der Waals surface area (Å²) in [4.78, 5) is 3.92. The van der Waals surface area contributed by atoms with E-state index in [0.717, 1.165) is 6.54 Å². The molecule has 1 unspecified atom stereocenters. The lowest BCUT2D eigenvalue weighted by atomic mass is 10.0. The maximum atomic E-state index is 4.49. The second-order valence-corrected chi connectivity index (χ2v) is 3.22. The molecule has 11 heavy (non-hydrogen) atoms. The minimum absolute atomic E-state index is 0.678. The monoisotopic (exact) mass is 171 g/mol. The first-order valence-electron chi connectivity index (χ1n) is 4.34. The van der Waals surface area contributed by atoms with Crippen LogP contribution in [-0.4, -0.2) is 11.7 Å². The van der Waals surface area contributed by atoms with E-state index in [1.807, 2.05) is 0 Å². The van der Waals surface area contributed by atoms with Gasteiger partial charge in [-0.2, -0.15) is 0 Å². The van der Waals surface area contributed by atoms with Gasteiger partial charge in [0, 0.05) is 0 Å². The topological polar surface area (TPSA) is 12.4 Å². The second-order valence-electron chi connectivity index (χ2n) is 3.03. The molecule has 0 aromatic heterocycles. The van der Waals surface area contributed by atoms with Gasteiger partial charge in [0.25, 0.3) is 0 Å². The van der Waals surface area contributed by atoms with Crippen molar-refractivity contribution in [2.24, 2.45) is 10.9 Å². The smallest absolute Gasteiger partial charge is 0.0585 e. The Morgan fingerprint density at radius 2 is 2.18 bits per heavy atom. The summed E-state index contributed by atoms with van der Waals surface area (Å²) in [6.45, 7) is 5.29. The maximum absolute atomic E-state index is 4.49. The molecule has 0 aromatic carbocycles. The van der Waals surface area contributed by atoms with Gasteiger partial charge in [0.1, 0.15) is 0 Å². The summed E-state index contributed by atoms with van der Waals surface area (Å²) < 4.78 is 0. The summed E-state index contributed by atoms with van der Waals surface area (Å²) >= 11 is 4.49. The fourth-order valence-corrected chi connectivity index (χ4v) is 1.10. The van der Waals surface area contributed by atoms with Crippen LogP contribution in [0.25, 0.3) is 0 Å². The molecule has 0 radical (unpaired) electrons. The number of rotatable bonds is 6. The molecule has 0 aromatic rings. The largest absolute Gasteiger partial charge is 0.232 e. The van der Waals surface area contributed by atoms with Gasteiger partial charge < -0.3 is 0 Å². The third-order valence-electron chi connectivity index (χ3n) is 1.77. The molecule has 0 aliphatic rings. The van der Waals surface area contributed by atoms with Crippen molar-refractivity contribution in [1.82, 2.24) is 0 Å². The molecule has 0 saturated carbocycles. The molecule has 0 amide bonds. The van der Waals surface area contributed by atoms with Crippen LogP contribution in [0.5, 0.6) is 0 Å². The van der Waals surface area contributed by atoms with Crippen LogP contribution in [-0.2, 0) is 0 Å². The van der Waals surface area contributed by atoms with Gasteiger partial charge >= 0.3 is 0 Å². The molecule has 0 aliphatic heterocycles. The van der Waals surface area contributed by atoms with E-state index in [4.69, 9.17) is 0 Å². The van der Waals surface area contributed by atoms with Crippen LogP contribution < -0.4 is 0 Å². The zero-order chi connectivity index (χ0) is 8.53. The molecule has 0 bridgehead atoms. The Hall–Kier alpha value is -0.200. The molecule has 0 rings (SSSR count). The van der Waals surface area contributed by atoms with Crippen LogP contribution in [0, 0.1) is 5.92 Å². The lowest BCUT2D eigenvalue weighted by molar-refractivity contribution is 0.506. The highest BCUT2D eigenvalue weighted by Crippen LogP contribution is 2.08. The Morgan fingerprint density at radius 3 is 2.73 bits per heavy atom. The lowest BCUT2D eigenvalue weighted by Gasteiger charge is -2.05. The van der Waals surface area contributed by atoms with E-state index in [2.05, 4.69) is 36.2 Å². The molecule has 1 atom stereocenters. The lowest BCUT2D eigenvalue weighted by Crippen LogP contribution is -1.98. The maximum Gasteiger partial charge on any atom is 0.0585 e. The van der Waals surface area contributed by atoms with E-state index in [9.17, 15) is 0 Å². The highest BCUT2D eigenvalue weighted by Gasteiger charge is 1.98. The summed E-state index contributed by atoms with van der Waals surface area (Å²) in [6, 6.07) is 0. The van der Waals surface area contributed by atoms with Crippen molar-refractivity contribution in [3.8, 4) is 0 Å². The predicted molar refractivity (Wildman–Crippen MR) is 53.2 cm³/mol. The van der Waals surface area contributed by atoms with Crippen LogP contribution in [0.2, 0.25) is 0 Å². The second kappa shape index (κ2) is 7.90. The summed E-state index contributed by atoms with van der Waals surface area (Å²) in [7, 11) is 0. The molecule has 0 N–H and O–H groups in total. The van der Waals surface area contributed by atoms with E-state index in [-0.39, 0.29) is 0 Å². The quantitative estimate of drug-likeness (QED) is 0.339. The SMILES string of the molecule is CCCCCC(C)CN=C=S. The molecule has 1 nitrogen and oxygen atoms in total. The third kappa shape index (κ3) is 7.70. The Balaban J connectivity index is 3.21. The third-order valence-corrected chi connectivity index (χ3v) is 1.90. The first-order valence-corrected chi connectivity index (χ1v) is 4.75. The number of hydrogen-bond donors (Lipinski definition) is 0. The minimum Gasteiger partial charge on any atom is -0.232 e.